The number of alkyl halides is 3. The van der Waals surface area contributed by atoms with E-state index in [2.05, 4.69) is 19.1 Å². The zero-order chi connectivity index (χ0) is 16.3. The molecular weight excluding hydrogens is 349 g/mol. The normalized spacial score (nSPS) is 13.4. The molecule has 0 saturated heterocycles. The molecule has 0 saturated carbocycles. The van der Waals surface area contributed by atoms with Crippen LogP contribution in [-0.2, 0) is 6.18 Å². The van der Waals surface area contributed by atoms with Gasteiger partial charge in [-0.15, -0.1) is 0 Å². The zero-order valence-electron chi connectivity index (χ0n) is 14.1. The van der Waals surface area contributed by atoms with E-state index in [0.717, 1.165) is 12.0 Å². The molecule has 134 valence electrons. The van der Waals surface area contributed by atoms with E-state index >= 15 is 0 Å². The topological polar surface area (TPSA) is 0 Å². The van der Waals surface area contributed by atoms with Crippen molar-refractivity contribution in [2.45, 2.75) is 45.2 Å². The van der Waals surface area contributed by atoms with E-state index in [-0.39, 0.29) is 32.9 Å². The summed E-state index contributed by atoms with van der Waals surface area (Å²) in [4.78, 5) is 0. The van der Waals surface area contributed by atoms with Crippen molar-refractivity contribution in [2.24, 2.45) is 0 Å². The fourth-order valence-corrected chi connectivity index (χ4v) is 2.84. The number of hydrogen-bond acceptors (Lipinski definition) is 0. The van der Waals surface area contributed by atoms with Gasteiger partial charge in [-0.2, -0.15) is 40.2 Å². The zero-order valence-corrected chi connectivity index (χ0v) is 16.1. The first kappa shape index (κ1) is 22.9. The molecule has 2 rings (SSSR count). The number of halogens is 3. The number of benzene rings is 2. The summed E-state index contributed by atoms with van der Waals surface area (Å²) >= 11 is 0. The highest BCUT2D eigenvalue weighted by Gasteiger charge is 2.31. The van der Waals surface area contributed by atoms with E-state index in [0.29, 0.717) is 11.5 Å². The molecule has 0 aliphatic carbocycles. The second kappa shape index (κ2) is 9.42. The largest absolute Gasteiger partial charge is 0.416 e. The second-order valence-electron chi connectivity index (χ2n) is 6.08. The van der Waals surface area contributed by atoms with Crippen LogP contribution < -0.4 is 0 Å². The van der Waals surface area contributed by atoms with Gasteiger partial charge < -0.3 is 0 Å². The van der Waals surface area contributed by atoms with Crippen LogP contribution in [-0.4, -0.2) is 0 Å². The van der Waals surface area contributed by atoms with Crippen LogP contribution in [0, 0.1) is 6.92 Å². The van der Waals surface area contributed by atoms with Gasteiger partial charge in [-0.05, 0) is 48.4 Å². The van der Waals surface area contributed by atoms with Crippen LogP contribution in [0.25, 0.3) is 0 Å². The van der Waals surface area contributed by atoms with Gasteiger partial charge in [0.1, 0.15) is 0 Å². The van der Waals surface area contributed by atoms with E-state index in [1.165, 1.54) is 17.7 Å². The molecule has 2 aromatic carbocycles. The minimum absolute atomic E-state index is 0. The average Bonchev–Trinajstić information content (AvgIpc) is 2.46. The second-order valence-corrected chi connectivity index (χ2v) is 6.08. The van der Waals surface area contributed by atoms with Crippen LogP contribution in [0.2, 0.25) is 0 Å². The van der Waals surface area contributed by atoms with Gasteiger partial charge in [0, 0.05) is 0 Å². The van der Waals surface area contributed by atoms with Gasteiger partial charge in [-0.1, -0.05) is 55.8 Å². The van der Waals surface area contributed by atoms with Gasteiger partial charge in [0.15, 0.2) is 0 Å². The number of hydrogen-bond donors (Lipinski definition) is 0. The Balaban J connectivity index is 0.00000264. The van der Waals surface area contributed by atoms with Crippen LogP contribution in [0.15, 0.2) is 48.5 Å². The Morgan fingerprint density at radius 1 is 0.833 bits per heavy atom. The van der Waals surface area contributed by atoms with Gasteiger partial charge >= 0.3 is 6.18 Å². The Labute approximate surface area is 156 Å². The van der Waals surface area contributed by atoms with E-state index in [1.807, 2.05) is 31.2 Å². The van der Waals surface area contributed by atoms with Crippen LogP contribution in [0.1, 0.15) is 54.4 Å². The molecule has 2 aromatic rings. The summed E-state index contributed by atoms with van der Waals surface area (Å²) in [5.41, 5.74) is 2.08. The lowest BCUT2D eigenvalue weighted by Gasteiger charge is -2.20. The fourth-order valence-electron chi connectivity index (χ4n) is 2.84. The van der Waals surface area contributed by atoms with E-state index in [1.54, 1.807) is 6.92 Å². The summed E-state index contributed by atoms with van der Waals surface area (Å²) in [6, 6.07) is 14.4. The Kier molecular flexibility index (Phi) is 9.00. The molecule has 0 heterocycles. The molecular formula is C19H25F3S2. The molecule has 0 amide bonds. The SMILES string of the molecule is Cc1cc([C@H](C)C[C@@H](C)c2ccccc2)cc(C(F)(F)F)c1.S.S. The van der Waals surface area contributed by atoms with Crippen molar-refractivity contribution in [3.63, 3.8) is 0 Å². The van der Waals surface area contributed by atoms with Crippen LogP contribution in [0.4, 0.5) is 13.2 Å². The highest BCUT2D eigenvalue weighted by atomic mass is 32.1. The van der Waals surface area contributed by atoms with Crippen molar-refractivity contribution in [3.05, 3.63) is 70.8 Å². The molecule has 0 spiro atoms. The predicted octanol–water partition coefficient (Wildman–Crippen LogP) is 6.54. The first-order valence-electron chi connectivity index (χ1n) is 7.51. The Bertz CT molecular complexity index is 624. The Morgan fingerprint density at radius 2 is 1.38 bits per heavy atom. The number of rotatable bonds is 4. The molecule has 0 bridgehead atoms. The molecule has 2 atom stereocenters. The summed E-state index contributed by atoms with van der Waals surface area (Å²) in [5.74, 6) is 0.391. The van der Waals surface area contributed by atoms with Gasteiger partial charge in [-0.3, -0.25) is 0 Å². The maximum Gasteiger partial charge on any atom is 0.416 e. The van der Waals surface area contributed by atoms with Crippen molar-refractivity contribution >= 4 is 27.0 Å². The number of aryl methyl sites for hydroxylation is 1. The van der Waals surface area contributed by atoms with E-state index < -0.39 is 11.7 Å². The Hall–Kier alpha value is -1.07. The monoisotopic (exact) mass is 374 g/mol. The van der Waals surface area contributed by atoms with Crippen LogP contribution in [0.3, 0.4) is 0 Å². The highest BCUT2D eigenvalue weighted by Crippen LogP contribution is 2.35. The summed E-state index contributed by atoms with van der Waals surface area (Å²) in [5, 5.41) is 0. The van der Waals surface area contributed by atoms with Crippen molar-refractivity contribution in [1.29, 1.82) is 0 Å². The molecule has 5 heteroatoms. The molecule has 0 nitrogen and oxygen atoms in total. The first-order valence-corrected chi connectivity index (χ1v) is 7.51. The van der Waals surface area contributed by atoms with E-state index in [4.69, 9.17) is 0 Å². The molecule has 0 aromatic heterocycles. The van der Waals surface area contributed by atoms with Gasteiger partial charge in [0.05, 0.1) is 5.56 Å². The summed E-state index contributed by atoms with van der Waals surface area (Å²) in [6.07, 6.45) is -3.46. The fraction of sp³-hybridized carbons (Fsp3) is 0.368. The van der Waals surface area contributed by atoms with Gasteiger partial charge in [0.25, 0.3) is 0 Å². The maximum atomic E-state index is 12.9. The van der Waals surface area contributed by atoms with Crippen LogP contribution >= 0.6 is 27.0 Å². The summed E-state index contributed by atoms with van der Waals surface area (Å²) < 4.78 is 38.8. The molecule has 24 heavy (non-hydrogen) atoms. The lowest BCUT2D eigenvalue weighted by molar-refractivity contribution is -0.137. The van der Waals surface area contributed by atoms with E-state index in [9.17, 15) is 13.2 Å². The molecule has 0 radical (unpaired) electrons. The minimum atomic E-state index is -4.29. The third kappa shape index (κ3) is 6.10. The average molecular weight is 375 g/mol. The molecule has 0 unspecified atom stereocenters. The van der Waals surface area contributed by atoms with Crippen molar-refractivity contribution in [3.8, 4) is 0 Å². The summed E-state index contributed by atoms with van der Waals surface area (Å²) in [6.45, 7) is 5.83. The predicted molar refractivity (Wildman–Crippen MR) is 105 cm³/mol. The highest BCUT2D eigenvalue weighted by molar-refractivity contribution is 7.59. The van der Waals surface area contributed by atoms with Crippen LogP contribution in [0.5, 0.6) is 0 Å². The third-order valence-corrected chi connectivity index (χ3v) is 4.07. The summed E-state index contributed by atoms with van der Waals surface area (Å²) in [7, 11) is 0. The first-order chi connectivity index (χ1) is 10.3. The lowest BCUT2D eigenvalue weighted by Crippen LogP contribution is -2.08. The third-order valence-electron chi connectivity index (χ3n) is 4.07. The van der Waals surface area contributed by atoms with Gasteiger partial charge in [-0.25, -0.2) is 0 Å². The van der Waals surface area contributed by atoms with Gasteiger partial charge in [0.2, 0.25) is 0 Å². The Morgan fingerprint density at radius 3 is 1.92 bits per heavy atom. The minimum Gasteiger partial charge on any atom is -0.197 e. The smallest absolute Gasteiger partial charge is 0.197 e. The maximum absolute atomic E-state index is 12.9. The van der Waals surface area contributed by atoms with Crippen molar-refractivity contribution < 1.29 is 13.2 Å². The molecule has 0 aliphatic rings. The quantitative estimate of drug-likeness (QED) is 0.570. The molecule has 0 aliphatic heterocycles. The lowest BCUT2D eigenvalue weighted by atomic mass is 9.86. The van der Waals surface area contributed by atoms with Crippen molar-refractivity contribution in [1.82, 2.24) is 0 Å². The van der Waals surface area contributed by atoms with Crippen molar-refractivity contribution in [2.75, 3.05) is 0 Å². The molecule has 0 fully saturated rings. The standard InChI is InChI=1S/C19H21F3.2H2S/c1-13-9-17(12-18(10-13)19(20,21)22)15(3)11-14(2)16-7-5-4-6-8-16;;/h4-10,12,14-15H,11H2,1-3H3;2*1H2/t14-,15-;;/m1../s1. The molecule has 0 N–H and O–H groups in total.